The molecule has 0 N–H and O–H groups in total. The van der Waals surface area contributed by atoms with Crippen molar-refractivity contribution in [1.29, 1.82) is 0 Å². The maximum absolute atomic E-state index is 4.85. The third-order valence-corrected chi connectivity index (χ3v) is 5.99. The largest absolute Gasteiger partial charge is 0.256 e. The molecule has 4 nitrogen and oxygen atoms in total. The van der Waals surface area contributed by atoms with Gasteiger partial charge in [0, 0.05) is 34.0 Å². The van der Waals surface area contributed by atoms with Crippen molar-refractivity contribution in [2.75, 3.05) is 0 Å². The summed E-state index contributed by atoms with van der Waals surface area (Å²) >= 11 is 0. The van der Waals surface area contributed by atoms with Crippen molar-refractivity contribution in [3.05, 3.63) is 134 Å². The van der Waals surface area contributed by atoms with E-state index in [9.17, 15) is 0 Å². The van der Waals surface area contributed by atoms with Gasteiger partial charge in [-0.2, -0.15) is 0 Å². The van der Waals surface area contributed by atoms with E-state index in [-0.39, 0.29) is 0 Å². The van der Waals surface area contributed by atoms with E-state index in [0.29, 0.717) is 17.5 Å². The van der Waals surface area contributed by atoms with Crippen molar-refractivity contribution in [2.24, 2.45) is 0 Å². The molecule has 0 saturated heterocycles. The molecule has 0 unspecified atom stereocenters. The number of hydrogen-bond donors (Lipinski definition) is 0. The highest BCUT2D eigenvalue weighted by Gasteiger charge is 2.13. The summed E-state index contributed by atoms with van der Waals surface area (Å²) in [5.41, 5.74) is 6.99. The average Bonchev–Trinajstić information content (AvgIpc) is 2.98. The minimum absolute atomic E-state index is 0.637. The van der Waals surface area contributed by atoms with Crippen LogP contribution in [0.15, 0.2) is 134 Å². The van der Waals surface area contributed by atoms with Gasteiger partial charge in [0.05, 0.1) is 5.69 Å². The minimum atomic E-state index is 0.637. The van der Waals surface area contributed by atoms with Crippen molar-refractivity contribution in [3.63, 3.8) is 0 Å². The van der Waals surface area contributed by atoms with E-state index in [1.807, 2.05) is 97.2 Å². The average molecular weight is 463 g/mol. The molecule has 2 aromatic heterocycles. The second-order valence-corrected chi connectivity index (χ2v) is 8.42. The van der Waals surface area contributed by atoms with E-state index in [1.165, 1.54) is 0 Å². The molecule has 0 atom stereocenters. The smallest absolute Gasteiger partial charge is 0.164 e. The van der Waals surface area contributed by atoms with Crippen molar-refractivity contribution >= 4 is 0 Å². The van der Waals surface area contributed by atoms with E-state index in [2.05, 4.69) is 36.4 Å². The lowest BCUT2D eigenvalue weighted by molar-refractivity contribution is 1.07. The Balaban J connectivity index is 1.41. The molecule has 4 heteroatoms. The number of nitrogens with zero attached hydrogens (tertiary/aromatic N) is 4. The topological polar surface area (TPSA) is 51.6 Å². The molecule has 0 saturated carbocycles. The summed E-state index contributed by atoms with van der Waals surface area (Å²) in [6, 6.07) is 42.6. The molecule has 170 valence electrons. The summed E-state index contributed by atoms with van der Waals surface area (Å²) in [5.74, 6) is 1.94. The molecule has 4 aromatic carbocycles. The second kappa shape index (κ2) is 9.72. The van der Waals surface area contributed by atoms with Crippen LogP contribution in [0.2, 0.25) is 0 Å². The highest BCUT2D eigenvalue weighted by molar-refractivity contribution is 5.73. The Morgan fingerprint density at radius 3 is 1.33 bits per heavy atom. The number of rotatable bonds is 5. The van der Waals surface area contributed by atoms with Gasteiger partial charge < -0.3 is 0 Å². The van der Waals surface area contributed by atoms with E-state index in [1.54, 1.807) is 0 Å². The number of hydrogen-bond acceptors (Lipinski definition) is 4. The molecule has 0 bridgehead atoms. The first-order valence-electron chi connectivity index (χ1n) is 11.8. The standard InChI is InChI=1S/C32H22N4/c1-4-11-23(12-5-1)29-20-19-28(22-33-29)26-17-10-18-27(21-26)32-35-30(24-13-6-2-7-14-24)34-31(36-32)25-15-8-3-9-16-25/h1-22H. The van der Waals surface area contributed by atoms with Gasteiger partial charge >= 0.3 is 0 Å². The van der Waals surface area contributed by atoms with Crippen molar-refractivity contribution in [3.8, 4) is 56.5 Å². The Morgan fingerprint density at radius 1 is 0.333 bits per heavy atom. The summed E-state index contributed by atoms with van der Waals surface area (Å²) in [7, 11) is 0. The van der Waals surface area contributed by atoms with Gasteiger partial charge in [0.25, 0.3) is 0 Å². The molecular weight excluding hydrogens is 440 g/mol. The Hall–Kier alpha value is -4.96. The van der Waals surface area contributed by atoms with Gasteiger partial charge in [-0.15, -0.1) is 0 Å². The fourth-order valence-corrected chi connectivity index (χ4v) is 4.12. The first kappa shape index (κ1) is 21.6. The molecule has 0 aliphatic carbocycles. The molecule has 2 heterocycles. The van der Waals surface area contributed by atoms with Gasteiger partial charge in [-0.1, -0.05) is 115 Å². The molecule has 0 fully saturated rings. The van der Waals surface area contributed by atoms with Crippen molar-refractivity contribution in [1.82, 2.24) is 19.9 Å². The van der Waals surface area contributed by atoms with Crippen LogP contribution in [0.25, 0.3) is 56.5 Å². The predicted molar refractivity (Wildman–Crippen MR) is 145 cm³/mol. The van der Waals surface area contributed by atoms with Crippen LogP contribution in [-0.2, 0) is 0 Å². The molecule has 0 aliphatic heterocycles. The maximum atomic E-state index is 4.85. The molecular formula is C32H22N4. The fourth-order valence-electron chi connectivity index (χ4n) is 4.12. The normalized spacial score (nSPS) is 10.8. The van der Waals surface area contributed by atoms with Gasteiger partial charge in [-0.25, -0.2) is 15.0 Å². The molecule has 0 aliphatic rings. The highest BCUT2D eigenvalue weighted by atomic mass is 15.0. The summed E-state index contributed by atoms with van der Waals surface area (Å²) in [6.45, 7) is 0. The Morgan fingerprint density at radius 2 is 0.806 bits per heavy atom. The van der Waals surface area contributed by atoms with E-state index >= 15 is 0 Å². The van der Waals surface area contributed by atoms with Crippen LogP contribution >= 0.6 is 0 Å². The molecule has 0 amide bonds. The van der Waals surface area contributed by atoms with Crippen LogP contribution in [0.1, 0.15) is 0 Å². The zero-order valence-electron chi connectivity index (χ0n) is 19.5. The SMILES string of the molecule is c1ccc(-c2ccc(-c3cccc(-c4nc(-c5ccccc5)nc(-c5ccccc5)n4)c3)cn2)cc1. The molecule has 36 heavy (non-hydrogen) atoms. The fraction of sp³-hybridized carbons (Fsp3) is 0. The van der Waals surface area contributed by atoms with Crippen LogP contribution in [-0.4, -0.2) is 19.9 Å². The quantitative estimate of drug-likeness (QED) is 0.265. The van der Waals surface area contributed by atoms with Gasteiger partial charge in [-0.3, -0.25) is 4.98 Å². The van der Waals surface area contributed by atoms with Crippen LogP contribution in [0, 0.1) is 0 Å². The van der Waals surface area contributed by atoms with Crippen molar-refractivity contribution < 1.29 is 0 Å². The minimum Gasteiger partial charge on any atom is -0.256 e. The lowest BCUT2D eigenvalue weighted by Gasteiger charge is -2.10. The van der Waals surface area contributed by atoms with Crippen LogP contribution in [0.5, 0.6) is 0 Å². The highest BCUT2D eigenvalue weighted by Crippen LogP contribution is 2.28. The Labute approximate surface area is 210 Å². The first-order valence-corrected chi connectivity index (χ1v) is 11.8. The maximum Gasteiger partial charge on any atom is 0.164 e. The van der Waals surface area contributed by atoms with Crippen LogP contribution in [0.4, 0.5) is 0 Å². The molecule has 6 aromatic rings. The zero-order chi connectivity index (χ0) is 24.2. The third kappa shape index (κ3) is 4.52. The predicted octanol–water partition coefficient (Wildman–Crippen LogP) is 7.60. The van der Waals surface area contributed by atoms with E-state index in [0.717, 1.165) is 39.1 Å². The van der Waals surface area contributed by atoms with E-state index < -0.39 is 0 Å². The number of aromatic nitrogens is 4. The molecule has 0 radical (unpaired) electrons. The lowest BCUT2D eigenvalue weighted by Crippen LogP contribution is -2.00. The zero-order valence-corrected chi connectivity index (χ0v) is 19.5. The first-order chi connectivity index (χ1) is 17.8. The monoisotopic (exact) mass is 462 g/mol. The summed E-state index contributed by atoms with van der Waals surface area (Å²) in [5, 5.41) is 0. The summed E-state index contributed by atoms with van der Waals surface area (Å²) in [4.78, 5) is 19.2. The van der Waals surface area contributed by atoms with Crippen LogP contribution < -0.4 is 0 Å². The number of benzene rings is 4. The summed E-state index contributed by atoms with van der Waals surface area (Å²) < 4.78 is 0. The van der Waals surface area contributed by atoms with Crippen LogP contribution in [0.3, 0.4) is 0 Å². The van der Waals surface area contributed by atoms with Crippen molar-refractivity contribution in [2.45, 2.75) is 0 Å². The van der Waals surface area contributed by atoms with E-state index in [4.69, 9.17) is 19.9 Å². The summed E-state index contributed by atoms with van der Waals surface area (Å²) in [6.07, 6.45) is 1.92. The Kier molecular flexibility index (Phi) is 5.83. The van der Waals surface area contributed by atoms with Gasteiger partial charge in [0.15, 0.2) is 17.5 Å². The lowest BCUT2D eigenvalue weighted by atomic mass is 10.0. The Bertz CT molecular complexity index is 1540. The van der Waals surface area contributed by atoms with Gasteiger partial charge in [0.1, 0.15) is 0 Å². The molecule has 6 rings (SSSR count). The third-order valence-electron chi connectivity index (χ3n) is 5.99. The van der Waals surface area contributed by atoms with Gasteiger partial charge in [0.2, 0.25) is 0 Å². The second-order valence-electron chi connectivity index (χ2n) is 8.42. The molecule has 0 spiro atoms. The number of pyridine rings is 1. The van der Waals surface area contributed by atoms with Gasteiger partial charge in [-0.05, 0) is 17.7 Å².